The van der Waals surface area contributed by atoms with Crippen LogP contribution >= 0.6 is 23.2 Å². The monoisotopic (exact) mass is 399 g/mol. The van der Waals surface area contributed by atoms with Gasteiger partial charge in [-0.25, -0.2) is 9.97 Å². The first-order valence-electron chi connectivity index (χ1n) is 8.63. The van der Waals surface area contributed by atoms with E-state index in [9.17, 15) is 4.79 Å². The number of imidazole rings is 1. The van der Waals surface area contributed by atoms with Crippen LogP contribution in [0.1, 0.15) is 24.6 Å². The van der Waals surface area contributed by atoms with Crippen molar-refractivity contribution in [3.05, 3.63) is 56.6 Å². The molecule has 0 spiro atoms. The van der Waals surface area contributed by atoms with E-state index in [2.05, 4.69) is 20.3 Å². The van der Waals surface area contributed by atoms with Gasteiger partial charge in [-0.1, -0.05) is 29.3 Å². The summed E-state index contributed by atoms with van der Waals surface area (Å²) in [4.78, 5) is 25.0. The minimum absolute atomic E-state index is 0.141. The second-order valence-electron chi connectivity index (χ2n) is 6.77. The molecule has 0 unspecified atom stereocenters. The molecule has 2 aromatic heterocycles. The lowest BCUT2D eigenvalue weighted by atomic mass is 10.2. The van der Waals surface area contributed by atoms with Crippen LogP contribution in [0.15, 0.2) is 35.1 Å². The molecule has 1 aliphatic rings. The molecule has 0 atom stereocenters. The highest BCUT2D eigenvalue weighted by molar-refractivity contribution is 6.39. The number of nitrogens with one attached hydrogen (secondary N) is 2. The molecule has 0 aliphatic heterocycles. The highest BCUT2D eigenvalue weighted by Gasteiger charge is 2.27. The van der Waals surface area contributed by atoms with Gasteiger partial charge in [-0.3, -0.25) is 4.79 Å². The number of halogens is 2. The SMILES string of the molecule is Cn1c(Nc2c(Cl)cccc2Cl)nc2ccc3nc(C4CC4)[nH]c(=O)c3c21. The summed E-state index contributed by atoms with van der Waals surface area (Å²) in [5, 5.41) is 4.70. The zero-order valence-electron chi connectivity index (χ0n) is 14.4. The number of hydrogen-bond acceptors (Lipinski definition) is 4. The maximum Gasteiger partial charge on any atom is 0.260 e. The van der Waals surface area contributed by atoms with Crippen molar-refractivity contribution >= 4 is 56.8 Å². The van der Waals surface area contributed by atoms with Gasteiger partial charge in [-0.15, -0.1) is 0 Å². The second kappa shape index (κ2) is 5.97. The molecular formula is C19H15Cl2N5O. The molecule has 2 aromatic carbocycles. The van der Waals surface area contributed by atoms with Crippen LogP contribution in [0.2, 0.25) is 10.0 Å². The molecule has 1 aliphatic carbocycles. The van der Waals surface area contributed by atoms with Crippen LogP contribution in [-0.2, 0) is 7.05 Å². The molecule has 4 aromatic rings. The largest absolute Gasteiger partial charge is 0.323 e. The molecule has 2 heterocycles. The van der Waals surface area contributed by atoms with Gasteiger partial charge in [0.1, 0.15) is 5.82 Å². The lowest BCUT2D eigenvalue weighted by molar-refractivity contribution is 0.928. The Bertz CT molecular complexity index is 1250. The summed E-state index contributed by atoms with van der Waals surface area (Å²) < 4.78 is 1.82. The van der Waals surface area contributed by atoms with Crippen molar-refractivity contribution in [1.29, 1.82) is 0 Å². The fourth-order valence-electron chi connectivity index (χ4n) is 3.34. The van der Waals surface area contributed by atoms with Crippen molar-refractivity contribution < 1.29 is 0 Å². The number of hydrogen-bond donors (Lipinski definition) is 2. The summed E-state index contributed by atoms with van der Waals surface area (Å²) in [6, 6.07) is 9.00. The van der Waals surface area contributed by atoms with Gasteiger partial charge < -0.3 is 14.9 Å². The third-order valence-electron chi connectivity index (χ3n) is 4.89. The van der Waals surface area contributed by atoms with E-state index in [0.29, 0.717) is 49.5 Å². The van der Waals surface area contributed by atoms with E-state index in [4.69, 9.17) is 23.2 Å². The fourth-order valence-corrected chi connectivity index (χ4v) is 3.83. The summed E-state index contributed by atoms with van der Waals surface area (Å²) >= 11 is 12.5. The third-order valence-corrected chi connectivity index (χ3v) is 5.52. The molecule has 0 bridgehead atoms. The van der Waals surface area contributed by atoms with Crippen molar-refractivity contribution in [3.8, 4) is 0 Å². The smallest absolute Gasteiger partial charge is 0.260 e. The lowest BCUT2D eigenvalue weighted by Crippen LogP contribution is -2.12. The first kappa shape index (κ1) is 16.6. The van der Waals surface area contributed by atoms with Crippen molar-refractivity contribution in [1.82, 2.24) is 19.5 Å². The molecule has 0 amide bonds. The van der Waals surface area contributed by atoms with Gasteiger partial charge in [0, 0.05) is 13.0 Å². The number of rotatable bonds is 3. The average molecular weight is 400 g/mol. The van der Waals surface area contributed by atoms with Gasteiger partial charge >= 0.3 is 0 Å². The molecule has 0 saturated heterocycles. The first-order valence-corrected chi connectivity index (χ1v) is 9.39. The van der Waals surface area contributed by atoms with Crippen LogP contribution in [0.5, 0.6) is 0 Å². The van der Waals surface area contributed by atoms with E-state index in [0.717, 1.165) is 18.7 Å². The summed E-state index contributed by atoms with van der Waals surface area (Å²) in [6.45, 7) is 0. The number of aryl methyl sites for hydroxylation is 1. The lowest BCUT2D eigenvalue weighted by Gasteiger charge is -2.10. The van der Waals surface area contributed by atoms with Crippen LogP contribution in [0.25, 0.3) is 21.9 Å². The zero-order chi connectivity index (χ0) is 18.7. The van der Waals surface area contributed by atoms with Gasteiger partial charge in [-0.05, 0) is 37.1 Å². The molecule has 0 radical (unpaired) electrons. The highest BCUT2D eigenvalue weighted by atomic mass is 35.5. The Hall–Kier alpha value is -2.57. The second-order valence-corrected chi connectivity index (χ2v) is 7.58. The molecule has 1 saturated carbocycles. The number of anilines is 2. The molecule has 2 N–H and O–H groups in total. The number of para-hydroxylation sites is 1. The maximum absolute atomic E-state index is 12.8. The average Bonchev–Trinajstić information content (AvgIpc) is 3.44. The molecule has 5 rings (SSSR count). The Labute approximate surface area is 164 Å². The molecule has 27 heavy (non-hydrogen) atoms. The van der Waals surface area contributed by atoms with Crippen LogP contribution in [0, 0.1) is 0 Å². The fraction of sp³-hybridized carbons (Fsp3) is 0.211. The van der Waals surface area contributed by atoms with Crippen molar-refractivity contribution in [2.24, 2.45) is 7.05 Å². The summed E-state index contributed by atoms with van der Waals surface area (Å²) in [7, 11) is 1.84. The molecule has 8 heteroatoms. The normalized spacial score (nSPS) is 14.2. The number of benzene rings is 2. The van der Waals surface area contributed by atoms with E-state index in [-0.39, 0.29) is 5.56 Å². The Balaban J connectivity index is 1.71. The Morgan fingerprint density at radius 3 is 2.52 bits per heavy atom. The number of fused-ring (bicyclic) bond motifs is 3. The standard InChI is InChI=1S/C19H15Cl2N5O/c1-26-16-13(23-19(26)24-15-10(20)3-2-4-11(15)21)8-7-12-14(16)18(27)25-17(22-12)9-5-6-9/h2-4,7-9H,5-6H2,1H3,(H,23,24)(H,22,25,27). The summed E-state index contributed by atoms with van der Waals surface area (Å²) in [6.07, 6.45) is 2.16. The van der Waals surface area contributed by atoms with Crippen molar-refractivity contribution in [2.45, 2.75) is 18.8 Å². The van der Waals surface area contributed by atoms with E-state index in [1.807, 2.05) is 23.7 Å². The Morgan fingerprint density at radius 1 is 1.11 bits per heavy atom. The maximum atomic E-state index is 12.8. The van der Waals surface area contributed by atoms with Crippen molar-refractivity contribution in [2.75, 3.05) is 5.32 Å². The van der Waals surface area contributed by atoms with Crippen LogP contribution in [0.4, 0.5) is 11.6 Å². The van der Waals surface area contributed by atoms with Gasteiger partial charge in [-0.2, -0.15) is 0 Å². The van der Waals surface area contributed by atoms with E-state index < -0.39 is 0 Å². The van der Waals surface area contributed by atoms with Gasteiger partial charge in [0.25, 0.3) is 5.56 Å². The van der Waals surface area contributed by atoms with Crippen LogP contribution in [-0.4, -0.2) is 19.5 Å². The van der Waals surface area contributed by atoms with Gasteiger partial charge in [0.05, 0.1) is 37.7 Å². The van der Waals surface area contributed by atoms with Gasteiger partial charge in [0.2, 0.25) is 5.95 Å². The summed E-state index contributed by atoms with van der Waals surface area (Å²) in [5.41, 5.74) is 2.53. The van der Waals surface area contributed by atoms with E-state index in [1.54, 1.807) is 18.2 Å². The number of nitrogens with zero attached hydrogens (tertiary/aromatic N) is 3. The van der Waals surface area contributed by atoms with Crippen LogP contribution < -0.4 is 10.9 Å². The quantitative estimate of drug-likeness (QED) is 0.521. The molecule has 1 fully saturated rings. The number of aromatic amines is 1. The van der Waals surface area contributed by atoms with Gasteiger partial charge in [0.15, 0.2) is 0 Å². The predicted molar refractivity (Wildman–Crippen MR) is 108 cm³/mol. The van der Waals surface area contributed by atoms with E-state index >= 15 is 0 Å². The predicted octanol–water partition coefficient (Wildman–Crippen LogP) is 4.74. The first-order chi connectivity index (χ1) is 13.0. The Morgan fingerprint density at radius 2 is 1.81 bits per heavy atom. The third kappa shape index (κ3) is 2.67. The summed E-state index contributed by atoms with van der Waals surface area (Å²) in [5.74, 6) is 1.69. The highest BCUT2D eigenvalue weighted by Crippen LogP contribution is 2.38. The molecule has 6 nitrogen and oxygen atoms in total. The number of H-pyrrole nitrogens is 1. The zero-order valence-corrected chi connectivity index (χ0v) is 15.9. The molecular weight excluding hydrogens is 385 g/mol. The topological polar surface area (TPSA) is 75.6 Å². The van der Waals surface area contributed by atoms with Crippen LogP contribution in [0.3, 0.4) is 0 Å². The number of aromatic nitrogens is 4. The minimum atomic E-state index is -0.141. The minimum Gasteiger partial charge on any atom is -0.323 e. The molecule has 136 valence electrons. The van der Waals surface area contributed by atoms with Crippen molar-refractivity contribution in [3.63, 3.8) is 0 Å². The van der Waals surface area contributed by atoms with E-state index in [1.165, 1.54) is 0 Å². The Kier molecular flexibility index (Phi) is 3.67.